The third kappa shape index (κ3) is 1.75. The summed E-state index contributed by atoms with van der Waals surface area (Å²) in [6.07, 6.45) is 4.04. The highest BCUT2D eigenvalue weighted by atomic mass is 14.9. The number of nitrogens with one attached hydrogen (secondary N) is 1. The smallest absolute Gasteiger partial charge is 0.0133 e. The molecule has 1 heteroatoms. The van der Waals surface area contributed by atoms with Gasteiger partial charge in [0.05, 0.1) is 0 Å². The van der Waals surface area contributed by atoms with Gasteiger partial charge in [-0.3, -0.25) is 0 Å². The van der Waals surface area contributed by atoms with Crippen LogP contribution in [0.2, 0.25) is 0 Å². The maximum Gasteiger partial charge on any atom is 0.0133 e. The number of rotatable bonds is 2. The average molecular weight is 175 g/mol. The van der Waals surface area contributed by atoms with Crippen molar-refractivity contribution in [1.29, 1.82) is 0 Å². The first-order chi connectivity index (χ1) is 6.42. The lowest BCUT2D eigenvalue weighted by Gasteiger charge is -2.18. The zero-order valence-electron chi connectivity index (χ0n) is 8.16. The molecule has 0 radical (unpaired) electrons. The Bertz CT molecular complexity index is 255. The van der Waals surface area contributed by atoms with Gasteiger partial charge in [0.1, 0.15) is 0 Å². The van der Waals surface area contributed by atoms with Crippen LogP contribution in [0.25, 0.3) is 0 Å². The quantitative estimate of drug-likeness (QED) is 0.728. The van der Waals surface area contributed by atoms with Crippen molar-refractivity contribution >= 4 is 0 Å². The van der Waals surface area contributed by atoms with Gasteiger partial charge in [-0.1, -0.05) is 36.8 Å². The molecule has 2 atom stereocenters. The van der Waals surface area contributed by atoms with Crippen LogP contribution in [-0.4, -0.2) is 13.1 Å². The molecule has 0 bridgehead atoms. The van der Waals surface area contributed by atoms with Gasteiger partial charge in [0.2, 0.25) is 0 Å². The summed E-state index contributed by atoms with van der Waals surface area (Å²) in [6.45, 7) is 0. The largest absolute Gasteiger partial charge is 0.316 e. The normalized spacial score (nSPS) is 27.8. The number of hydrogen-bond donors (Lipinski definition) is 1. The predicted molar refractivity (Wildman–Crippen MR) is 55.9 cm³/mol. The van der Waals surface area contributed by atoms with E-state index in [2.05, 4.69) is 42.7 Å². The van der Waals surface area contributed by atoms with Gasteiger partial charge in [-0.2, -0.15) is 0 Å². The first-order valence-corrected chi connectivity index (χ1v) is 5.14. The predicted octanol–water partition coefficient (Wildman–Crippen LogP) is 2.54. The summed E-state index contributed by atoms with van der Waals surface area (Å²) in [7, 11) is 2.08. The Morgan fingerprint density at radius 2 is 1.92 bits per heavy atom. The van der Waals surface area contributed by atoms with Crippen LogP contribution >= 0.6 is 0 Å². The molecule has 0 amide bonds. The van der Waals surface area contributed by atoms with E-state index >= 15 is 0 Å². The van der Waals surface area contributed by atoms with Crippen LogP contribution in [0.1, 0.15) is 30.7 Å². The summed E-state index contributed by atoms with van der Waals surface area (Å²) in [5.41, 5.74) is 1.50. The van der Waals surface area contributed by atoms with Gasteiger partial charge >= 0.3 is 0 Å². The lowest BCUT2D eigenvalue weighted by molar-refractivity contribution is 0.522. The highest BCUT2D eigenvalue weighted by molar-refractivity contribution is 5.22. The van der Waals surface area contributed by atoms with E-state index in [9.17, 15) is 0 Å². The zero-order chi connectivity index (χ0) is 9.10. The van der Waals surface area contributed by atoms with Gasteiger partial charge in [0.15, 0.2) is 0 Å². The summed E-state index contributed by atoms with van der Waals surface area (Å²) in [5, 5.41) is 3.41. The third-order valence-electron chi connectivity index (χ3n) is 3.11. The molecule has 70 valence electrons. The molecule has 1 nitrogen and oxygen atoms in total. The Labute approximate surface area is 80.2 Å². The topological polar surface area (TPSA) is 12.0 Å². The van der Waals surface area contributed by atoms with Crippen LogP contribution in [-0.2, 0) is 0 Å². The van der Waals surface area contributed by atoms with E-state index < -0.39 is 0 Å². The average Bonchev–Trinajstić information content (AvgIpc) is 2.67. The minimum absolute atomic E-state index is 0.697. The molecule has 13 heavy (non-hydrogen) atoms. The van der Waals surface area contributed by atoms with Gasteiger partial charge < -0.3 is 5.32 Å². The SMILES string of the molecule is CN[C@@H]1CCCC1c1ccccc1. The minimum atomic E-state index is 0.697. The Kier molecular flexibility index (Phi) is 2.65. The summed E-state index contributed by atoms with van der Waals surface area (Å²) in [6, 6.07) is 11.6. The summed E-state index contributed by atoms with van der Waals surface area (Å²) in [5.74, 6) is 0.742. The lowest BCUT2D eigenvalue weighted by atomic mass is 9.94. The molecule has 1 aromatic rings. The van der Waals surface area contributed by atoms with Crippen molar-refractivity contribution in [1.82, 2.24) is 5.32 Å². The van der Waals surface area contributed by atoms with Crippen LogP contribution in [0.3, 0.4) is 0 Å². The monoisotopic (exact) mass is 175 g/mol. The fourth-order valence-corrected chi connectivity index (χ4v) is 2.40. The van der Waals surface area contributed by atoms with Crippen LogP contribution in [0.15, 0.2) is 30.3 Å². The maximum atomic E-state index is 3.41. The first-order valence-electron chi connectivity index (χ1n) is 5.14. The molecule has 0 heterocycles. The Morgan fingerprint density at radius 3 is 2.62 bits per heavy atom. The fourth-order valence-electron chi connectivity index (χ4n) is 2.40. The molecule has 1 N–H and O–H groups in total. The van der Waals surface area contributed by atoms with Crippen LogP contribution < -0.4 is 5.32 Å². The van der Waals surface area contributed by atoms with Crippen molar-refractivity contribution in [3.8, 4) is 0 Å². The van der Waals surface area contributed by atoms with Gasteiger partial charge in [0.25, 0.3) is 0 Å². The molecule has 1 aliphatic carbocycles. The van der Waals surface area contributed by atoms with Gasteiger partial charge in [-0.25, -0.2) is 0 Å². The van der Waals surface area contributed by atoms with E-state index in [-0.39, 0.29) is 0 Å². The number of hydrogen-bond acceptors (Lipinski definition) is 1. The molecular formula is C12H17N. The Balaban J connectivity index is 2.16. The van der Waals surface area contributed by atoms with Crippen molar-refractivity contribution in [2.75, 3.05) is 7.05 Å². The van der Waals surface area contributed by atoms with Gasteiger partial charge in [0, 0.05) is 6.04 Å². The van der Waals surface area contributed by atoms with Crippen molar-refractivity contribution < 1.29 is 0 Å². The van der Waals surface area contributed by atoms with E-state index in [0.717, 1.165) is 5.92 Å². The third-order valence-corrected chi connectivity index (χ3v) is 3.11. The Morgan fingerprint density at radius 1 is 1.15 bits per heavy atom. The van der Waals surface area contributed by atoms with E-state index in [1.807, 2.05) is 0 Å². The summed E-state index contributed by atoms with van der Waals surface area (Å²) in [4.78, 5) is 0. The highest BCUT2D eigenvalue weighted by Gasteiger charge is 2.26. The lowest BCUT2D eigenvalue weighted by Crippen LogP contribution is -2.27. The molecule has 1 fully saturated rings. The number of benzene rings is 1. The summed E-state index contributed by atoms with van der Waals surface area (Å²) < 4.78 is 0. The van der Waals surface area contributed by atoms with Crippen molar-refractivity contribution in [2.24, 2.45) is 0 Å². The van der Waals surface area contributed by atoms with E-state index in [1.165, 1.54) is 24.8 Å². The van der Waals surface area contributed by atoms with Crippen molar-refractivity contribution in [2.45, 2.75) is 31.2 Å². The van der Waals surface area contributed by atoms with E-state index in [1.54, 1.807) is 0 Å². The van der Waals surface area contributed by atoms with Crippen molar-refractivity contribution in [3.05, 3.63) is 35.9 Å². The summed E-state index contributed by atoms with van der Waals surface area (Å²) >= 11 is 0. The van der Waals surface area contributed by atoms with E-state index in [4.69, 9.17) is 0 Å². The van der Waals surface area contributed by atoms with Crippen LogP contribution in [0.4, 0.5) is 0 Å². The highest BCUT2D eigenvalue weighted by Crippen LogP contribution is 2.33. The molecule has 0 spiro atoms. The molecule has 1 aromatic carbocycles. The van der Waals surface area contributed by atoms with Crippen LogP contribution in [0.5, 0.6) is 0 Å². The second-order valence-electron chi connectivity index (χ2n) is 3.84. The minimum Gasteiger partial charge on any atom is -0.316 e. The molecule has 1 unspecified atom stereocenters. The van der Waals surface area contributed by atoms with Crippen molar-refractivity contribution in [3.63, 3.8) is 0 Å². The molecule has 0 saturated heterocycles. The molecule has 2 rings (SSSR count). The Hall–Kier alpha value is -0.820. The van der Waals surface area contributed by atoms with Gasteiger partial charge in [-0.15, -0.1) is 0 Å². The second-order valence-corrected chi connectivity index (χ2v) is 3.84. The van der Waals surface area contributed by atoms with Gasteiger partial charge in [-0.05, 0) is 31.4 Å². The molecule has 0 aromatic heterocycles. The van der Waals surface area contributed by atoms with Crippen LogP contribution in [0, 0.1) is 0 Å². The second kappa shape index (κ2) is 3.93. The fraction of sp³-hybridized carbons (Fsp3) is 0.500. The standard InChI is InChI=1S/C12H17N/c1-13-12-9-5-8-11(12)10-6-3-2-4-7-10/h2-4,6-7,11-13H,5,8-9H2,1H3/t11?,12-/m1/s1. The maximum absolute atomic E-state index is 3.41. The first kappa shape index (κ1) is 8.76. The zero-order valence-corrected chi connectivity index (χ0v) is 8.16. The molecular weight excluding hydrogens is 158 g/mol. The molecule has 1 saturated carbocycles. The van der Waals surface area contributed by atoms with E-state index in [0.29, 0.717) is 6.04 Å². The number of likely N-dealkylation sites (N-methyl/N-ethyl adjacent to an activating group) is 1. The molecule has 1 aliphatic rings. The molecule has 0 aliphatic heterocycles.